The van der Waals surface area contributed by atoms with Crippen molar-refractivity contribution >= 4 is 12.1 Å². The van der Waals surface area contributed by atoms with Crippen LogP contribution < -0.4 is 0 Å². The van der Waals surface area contributed by atoms with Crippen molar-refractivity contribution < 1.29 is 9.59 Å². The molecule has 0 radical (unpaired) electrons. The maximum atomic E-state index is 10.9. The molecule has 0 spiro atoms. The summed E-state index contributed by atoms with van der Waals surface area (Å²) < 4.78 is 0. The Balaban J connectivity index is 3.91. The summed E-state index contributed by atoms with van der Waals surface area (Å²) in [5.41, 5.74) is 0. The topological polar surface area (TPSA) is 34.1 Å². The minimum absolute atomic E-state index is 0.0328. The zero-order chi connectivity index (χ0) is 7.98. The summed E-state index contributed by atoms with van der Waals surface area (Å²) in [4.78, 5) is 20.9. The van der Waals surface area contributed by atoms with E-state index in [-0.39, 0.29) is 11.7 Å². The van der Waals surface area contributed by atoms with Gasteiger partial charge in [-0.25, -0.2) is 0 Å². The van der Waals surface area contributed by atoms with Gasteiger partial charge in [-0.3, -0.25) is 4.79 Å². The predicted molar refractivity (Wildman–Crippen MR) is 39.7 cm³/mol. The van der Waals surface area contributed by atoms with Crippen molar-refractivity contribution in [3.8, 4) is 0 Å². The molecule has 0 heterocycles. The number of rotatable bonds is 5. The maximum Gasteiger partial charge on any atom is 0.158 e. The molecule has 0 rings (SSSR count). The Morgan fingerprint density at radius 1 is 1.70 bits per heavy atom. The van der Waals surface area contributed by atoms with E-state index in [4.69, 9.17) is 0 Å². The molecule has 2 nitrogen and oxygen atoms in total. The molecule has 0 aromatic carbocycles. The zero-order valence-electron chi connectivity index (χ0n) is 6.17. The lowest BCUT2D eigenvalue weighted by Crippen LogP contribution is -2.10. The fourth-order valence-corrected chi connectivity index (χ4v) is 0.767. The smallest absolute Gasteiger partial charge is 0.158 e. The van der Waals surface area contributed by atoms with E-state index in [2.05, 4.69) is 6.58 Å². The minimum atomic E-state index is -0.144. The van der Waals surface area contributed by atoms with Crippen molar-refractivity contribution in [1.82, 2.24) is 0 Å². The van der Waals surface area contributed by atoms with Crippen LogP contribution in [0.15, 0.2) is 12.7 Å². The van der Waals surface area contributed by atoms with Gasteiger partial charge in [0.15, 0.2) is 5.78 Å². The minimum Gasteiger partial charge on any atom is -0.303 e. The largest absolute Gasteiger partial charge is 0.303 e. The van der Waals surface area contributed by atoms with Crippen molar-refractivity contribution in [3.05, 3.63) is 12.7 Å². The van der Waals surface area contributed by atoms with Crippen LogP contribution in [0, 0.1) is 5.92 Å². The quantitative estimate of drug-likeness (QED) is 0.426. The molecule has 0 aliphatic carbocycles. The molecule has 0 aromatic rings. The molecular weight excluding hydrogens is 128 g/mol. The third-order valence-corrected chi connectivity index (χ3v) is 1.48. The van der Waals surface area contributed by atoms with E-state index in [1.807, 2.05) is 6.92 Å². The van der Waals surface area contributed by atoms with E-state index in [0.29, 0.717) is 12.8 Å². The lowest BCUT2D eigenvalue weighted by molar-refractivity contribution is -0.120. The first-order valence-corrected chi connectivity index (χ1v) is 3.36. The second-order valence-electron chi connectivity index (χ2n) is 2.11. The van der Waals surface area contributed by atoms with Gasteiger partial charge in [-0.05, 0) is 12.5 Å². The molecule has 0 bridgehead atoms. The van der Waals surface area contributed by atoms with Gasteiger partial charge in [-0.15, -0.1) is 0 Å². The van der Waals surface area contributed by atoms with Crippen molar-refractivity contribution in [2.45, 2.75) is 19.8 Å². The summed E-state index contributed by atoms with van der Waals surface area (Å²) in [6.45, 7) is 5.23. The van der Waals surface area contributed by atoms with Crippen LogP contribution >= 0.6 is 0 Å². The van der Waals surface area contributed by atoms with Crippen LogP contribution in [0.25, 0.3) is 0 Å². The van der Waals surface area contributed by atoms with Crippen LogP contribution in [0.1, 0.15) is 19.8 Å². The number of allylic oxidation sites excluding steroid dienone is 1. The maximum absolute atomic E-state index is 10.9. The Hall–Kier alpha value is -0.920. The van der Waals surface area contributed by atoms with Crippen LogP contribution in [-0.4, -0.2) is 12.1 Å². The van der Waals surface area contributed by atoms with Gasteiger partial charge in [-0.1, -0.05) is 13.5 Å². The predicted octanol–water partition coefficient (Wildman–Crippen LogP) is 1.36. The first-order valence-electron chi connectivity index (χ1n) is 3.36. The normalized spacial score (nSPS) is 12.1. The Bertz CT molecular complexity index is 138. The first-order chi connectivity index (χ1) is 4.76. The van der Waals surface area contributed by atoms with Gasteiger partial charge in [0.05, 0.1) is 0 Å². The number of carbonyl (C=O) groups excluding carboxylic acids is 2. The molecule has 56 valence electrons. The van der Waals surface area contributed by atoms with Crippen molar-refractivity contribution in [2.24, 2.45) is 5.92 Å². The van der Waals surface area contributed by atoms with E-state index < -0.39 is 0 Å². The summed E-state index contributed by atoms with van der Waals surface area (Å²) in [7, 11) is 0. The van der Waals surface area contributed by atoms with Gasteiger partial charge >= 0.3 is 0 Å². The van der Waals surface area contributed by atoms with Crippen molar-refractivity contribution in [3.63, 3.8) is 0 Å². The second-order valence-corrected chi connectivity index (χ2v) is 2.11. The Labute approximate surface area is 60.9 Å². The van der Waals surface area contributed by atoms with Gasteiger partial charge in [-0.2, -0.15) is 0 Å². The standard InChI is InChI=1S/C8H12O2/c1-3-7(5-6-9)8(10)4-2/h4,6-7H,2-3,5H2,1H3. The summed E-state index contributed by atoms with van der Waals surface area (Å²) in [5.74, 6) is -0.176. The molecule has 0 aromatic heterocycles. The third-order valence-electron chi connectivity index (χ3n) is 1.48. The molecule has 2 heteroatoms. The molecule has 0 aliphatic heterocycles. The lowest BCUT2D eigenvalue weighted by Gasteiger charge is -2.04. The first kappa shape index (κ1) is 9.08. The van der Waals surface area contributed by atoms with Crippen LogP contribution in [0.2, 0.25) is 0 Å². The summed E-state index contributed by atoms with van der Waals surface area (Å²) in [6, 6.07) is 0. The van der Waals surface area contributed by atoms with Gasteiger partial charge in [0, 0.05) is 12.3 Å². The number of aldehydes is 1. The monoisotopic (exact) mass is 140 g/mol. The van der Waals surface area contributed by atoms with Crippen LogP contribution in [0.4, 0.5) is 0 Å². The lowest BCUT2D eigenvalue weighted by atomic mass is 9.98. The highest BCUT2D eigenvalue weighted by atomic mass is 16.1. The third kappa shape index (κ3) is 2.58. The molecule has 0 saturated carbocycles. The number of hydrogen-bond donors (Lipinski definition) is 0. The van der Waals surface area contributed by atoms with E-state index in [0.717, 1.165) is 6.29 Å². The van der Waals surface area contributed by atoms with Crippen molar-refractivity contribution in [2.75, 3.05) is 0 Å². The van der Waals surface area contributed by atoms with Gasteiger partial charge < -0.3 is 4.79 Å². The van der Waals surface area contributed by atoms with E-state index >= 15 is 0 Å². The molecule has 0 fully saturated rings. The van der Waals surface area contributed by atoms with Crippen LogP contribution in [-0.2, 0) is 9.59 Å². The summed E-state index contributed by atoms with van der Waals surface area (Å²) >= 11 is 0. The highest BCUT2D eigenvalue weighted by Crippen LogP contribution is 2.07. The zero-order valence-corrected chi connectivity index (χ0v) is 6.17. The Morgan fingerprint density at radius 2 is 2.30 bits per heavy atom. The Kier molecular flexibility index (Phi) is 4.46. The van der Waals surface area contributed by atoms with E-state index in [1.165, 1.54) is 6.08 Å². The second kappa shape index (κ2) is 4.91. The molecule has 0 amide bonds. The van der Waals surface area contributed by atoms with Gasteiger partial charge in [0.1, 0.15) is 6.29 Å². The van der Waals surface area contributed by atoms with Crippen LogP contribution in [0.5, 0.6) is 0 Å². The Morgan fingerprint density at radius 3 is 2.60 bits per heavy atom. The van der Waals surface area contributed by atoms with Crippen molar-refractivity contribution in [1.29, 1.82) is 0 Å². The average molecular weight is 140 g/mol. The average Bonchev–Trinajstić information content (AvgIpc) is 1.99. The molecular formula is C8H12O2. The fourth-order valence-electron chi connectivity index (χ4n) is 0.767. The van der Waals surface area contributed by atoms with E-state index in [1.54, 1.807) is 0 Å². The molecule has 0 N–H and O–H groups in total. The van der Waals surface area contributed by atoms with Gasteiger partial charge in [0.2, 0.25) is 0 Å². The highest BCUT2D eigenvalue weighted by molar-refractivity contribution is 5.92. The molecule has 0 aliphatic rings. The molecule has 10 heavy (non-hydrogen) atoms. The number of carbonyl (C=O) groups is 2. The fraction of sp³-hybridized carbons (Fsp3) is 0.500. The summed E-state index contributed by atoms with van der Waals surface area (Å²) in [6.07, 6.45) is 3.08. The van der Waals surface area contributed by atoms with Crippen LogP contribution in [0.3, 0.4) is 0 Å². The summed E-state index contributed by atoms with van der Waals surface area (Å²) in [5, 5.41) is 0. The number of hydrogen-bond acceptors (Lipinski definition) is 2. The SMILES string of the molecule is C=CC(=O)C(CC)CC=O. The molecule has 1 unspecified atom stereocenters. The highest BCUT2D eigenvalue weighted by Gasteiger charge is 2.11. The van der Waals surface area contributed by atoms with Gasteiger partial charge in [0.25, 0.3) is 0 Å². The molecule has 0 saturated heterocycles. The number of ketones is 1. The van der Waals surface area contributed by atoms with E-state index in [9.17, 15) is 9.59 Å². The molecule has 1 atom stereocenters.